The summed E-state index contributed by atoms with van der Waals surface area (Å²) in [4.78, 5) is 1.23. The summed E-state index contributed by atoms with van der Waals surface area (Å²) in [6, 6.07) is 0. The second-order valence-electron chi connectivity index (χ2n) is 4.31. The molecule has 0 aromatic carbocycles. The van der Waals surface area contributed by atoms with Gasteiger partial charge in [-0.2, -0.15) is 0 Å². The molecule has 0 N–H and O–H groups in total. The molecule has 0 atom stereocenters. The van der Waals surface area contributed by atoms with Crippen molar-refractivity contribution in [1.29, 1.82) is 0 Å². The van der Waals surface area contributed by atoms with Crippen molar-refractivity contribution >= 4 is 17.1 Å². The van der Waals surface area contributed by atoms with Crippen molar-refractivity contribution in [2.45, 2.75) is 53.4 Å². The Labute approximate surface area is 76.4 Å². The van der Waals surface area contributed by atoms with Gasteiger partial charge in [0.1, 0.15) is 0 Å². The van der Waals surface area contributed by atoms with Gasteiger partial charge in [-0.3, -0.25) is 0 Å². The fraction of sp³-hybridized carbons (Fsp3) is 0.900. The molecule has 0 amide bonds. The zero-order valence-corrected chi connectivity index (χ0v) is 9.05. The van der Waals surface area contributed by atoms with Crippen LogP contribution in [-0.2, 0) is 0 Å². The quantitative estimate of drug-likeness (QED) is 0.578. The molecule has 0 fully saturated rings. The molecule has 0 bridgehead atoms. The highest BCUT2D eigenvalue weighted by Crippen LogP contribution is 2.21. The van der Waals surface area contributed by atoms with Gasteiger partial charge in [-0.15, -0.1) is 0 Å². The van der Waals surface area contributed by atoms with Gasteiger partial charge < -0.3 is 0 Å². The van der Waals surface area contributed by atoms with E-state index < -0.39 is 0 Å². The first-order valence-corrected chi connectivity index (χ1v) is 4.88. The van der Waals surface area contributed by atoms with Crippen LogP contribution in [0.2, 0.25) is 0 Å². The smallest absolute Gasteiger partial charge is 0.00742 e. The van der Waals surface area contributed by atoms with E-state index in [1.54, 1.807) is 0 Å². The normalized spacial score (nSPS) is 11.6. The Hall–Kier alpha value is 0.0900. The van der Waals surface area contributed by atoms with E-state index in [0.717, 1.165) is 12.8 Å². The zero-order chi connectivity index (χ0) is 8.91. The molecular weight excluding hydrogens is 152 g/mol. The predicted molar refractivity (Wildman–Crippen MR) is 56.2 cm³/mol. The SMILES string of the molecule is CCC(=S)CCCC(C)(C)C. The van der Waals surface area contributed by atoms with Gasteiger partial charge in [0.15, 0.2) is 0 Å². The van der Waals surface area contributed by atoms with Crippen LogP contribution in [0.3, 0.4) is 0 Å². The van der Waals surface area contributed by atoms with Crippen LogP contribution in [0.5, 0.6) is 0 Å². The second kappa shape index (κ2) is 4.87. The minimum atomic E-state index is 0.476. The van der Waals surface area contributed by atoms with E-state index in [-0.39, 0.29) is 0 Å². The molecule has 0 heterocycles. The van der Waals surface area contributed by atoms with Gasteiger partial charge in [-0.1, -0.05) is 39.9 Å². The molecule has 0 saturated carbocycles. The van der Waals surface area contributed by atoms with Gasteiger partial charge in [-0.05, 0) is 36.0 Å². The van der Waals surface area contributed by atoms with Crippen molar-refractivity contribution in [2.24, 2.45) is 5.41 Å². The Kier molecular flexibility index (Phi) is 4.91. The van der Waals surface area contributed by atoms with E-state index in [0.29, 0.717) is 5.41 Å². The van der Waals surface area contributed by atoms with E-state index in [4.69, 9.17) is 12.2 Å². The molecule has 0 spiro atoms. The van der Waals surface area contributed by atoms with Crippen molar-refractivity contribution in [3.63, 3.8) is 0 Å². The molecule has 0 nitrogen and oxygen atoms in total. The van der Waals surface area contributed by atoms with E-state index in [2.05, 4.69) is 27.7 Å². The maximum Gasteiger partial charge on any atom is -0.00742 e. The second-order valence-corrected chi connectivity index (χ2v) is 4.88. The summed E-state index contributed by atoms with van der Waals surface area (Å²) >= 11 is 5.14. The summed E-state index contributed by atoms with van der Waals surface area (Å²) in [6.45, 7) is 8.98. The molecule has 0 aliphatic heterocycles. The molecule has 0 saturated heterocycles. The van der Waals surface area contributed by atoms with Crippen molar-refractivity contribution in [1.82, 2.24) is 0 Å². The largest absolute Gasteiger partial charge is 0.0897 e. The molecule has 0 radical (unpaired) electrons. The highest BCUT2D eigenvalue weighted by Gasteiger charge is 2.09. The lowest BCUT2D eigenvalue weighted by molar-refractivity contribution is 0.369. The Morgan fingerprint density at radius 1 is 1.27 bits per heavy atom. The van der Waals surface area contributed by atoms with Crippen molar-refractivity contribution in [3.05, 3.63) is 0 Å². The summed E-state index contributed by atoms with van der Waals surface area (Å²) in [6.07, 6.45) is 4.76. The van der Waals surface area contributed by atoms with Gasteiger partial charge in [-0.25, -0.2) is 0 Å². The lowest BCUT2D eigenvalue weighted by atomic mass is 9.89. The van der Waals surface area contributed by atoms with Crippen LogP contribution >= 0.6 is 12.2 Å². The number of hydrogen-bond donors (Lipinski definition) is 0. The molecular formula is C10H20S. The van der Waals surface area contributed by atoms with Crippen LogP contribution in [0, 0.1) is 5.41 Å². The summed E-state index contributed by atoms with van der Waals surface area (Å²) < 4.78 is 0. The van der Waals surface area contributed by atoms with Gasteiger partial charge >= 0.3 is 0 Å². The van der Waals surface area contributed by atoms with Crippen LogP contribution in [0.4, 0.5) is 0 Å². The van der Waals surface area contributed by atoms with Gasteiger partial charge in [0.2, 0.25) is 0 Å². The van der Waals surface area contributed by atoms with Crippen LogP contribution in [-0.4, -0.2) is 4.86 Å². The van der Waals surface area contributed by atoms with Crippen molar-refractivity contribution in [3.8, 4) is 0 Å². The predicted octanol–water partition coefficient (Wildman–Crippen LogP) is 3.98. The summed E-state index contributed by atoms with van der Waals surface area (Å²) in [5, 5.41) is 0. The van der Waals surface area contributed by atoms with Gasteiger partial charge in [0.25, 0.3) is 0 Å². The fourth-order valence-corrected chi connectivity index (χ4v) is 1.14. The van der Waals surface area contributed by atoms with Gasteiger partial charge in [0.05, 0.1) is 0 Å². The summed E-state index contributed by atoms with van der Waals surface area (Å²) in [5.41, 5.74) is 0.476. The van der Waals surface area contributed by atoms with Gasteiger partial charge in [0, 0.05) is 0 Å². The summed E-state index contributed by atoms with van der Waals surface area (Å²) in [5.74, 6) is 0. The lowest BCUT2D eigenvalue weighted by Gasteiger charge is -2.17. The number of rotatable bonds is 4. The van der Waals surface area contributed by atoms with E-state index in [1.807, 2.05) is 0 Å². The van der Waals surface area contributed by atoms with Crippen molar-refractivity contribution < 1.29 is 0 Å². The Bertz CT molecular complexity index is 119. The molecule has 0 aliphatic carbocycles. The fourth-order valence-electron chi connectivity index (χ4n) is 0.993. The Morgan fingerprint density at radius 2 is 1.82 bits per heavy atom. The molecule has 0 aliphatic rings. The molecule has 0 rings (SSSR count). The Balaban J connectivity index is 3.35. The minimum Gasteiger partial charge on any atom is -0.0897 e. The van der Waals surface area contributed by atoms with Crippen LogP contribution < -0.4 is 0 Å². The van der Waals surface area contributed by atoms with E-state index >= 15 is 0 Å². The average molecular weight is 172 g/mol. The molecule has 0 aromatic heterocycles. The maximum atomic E-state index is 5.14. The lowest BCUT2D eigenvalue weighted by Crippen LogP contribution is -2.05. The average Bonchev–Trinajstić information content (AvgIpc) is 1.85. The van der Waals surface area contributed by atoms with Crippen LogP contribution in [0.15, 0.2) is 0 Å². The Morgan fingerprint density at radius 3 is 2.18 bits per heavy atom. The first kappa shape index (κ1) is 11.1. The molecule has 0 aromatic rings. The number of thiocarbonyl (C=S) groups is 1. The van der Waals surface area contributed by atoms with Crippen molar-refractivity contribution in [2.75, 3.05) is 0 Å². The maximum absolute atomic E-state index is 5.14. The molecule has 66 valence electrons. The first-order chi connectivity index (χ1) is 4.95. The highest BCUT2D eigenvalue weighted by atomic mass is 32.1. The zero-order valence-electron chi connectivity index (χ0n) is 8.24. The molecule has 0 unspecified atom stereocenters. The minimum absolute atomic E-state index is 0.476. The monoisotopic (exact) mass is 172 g/mol. The number of hydrogen-bond acceptors (Lipinski definition) is 1. The third kappa shape index (κ3) is 7.99. The van der Waals surface area contributed by atoms with E-state index in [9.17, 15) is 0 Å². The summed E-state index contributed by atoms with van der Waals surface area (Å²) in [7, 11) is 0. The third-order valence-electron chi connectivity index (χ3n) is 1.78. The highest BCUT2D eigenvalue weighted by molar-refractivity contribution is 7.80. The van der Waals surface area contributed by atoms with Crippen LogP contribution in [0.25, 0.3) is 0 Å². The first-order valence-electron chi connectivity index (χ1n) is 4.47. The topological polar surface area (TPSA) is 0 Å². The molecule has 1 heteroatoms. The standard InChI is InChI=1S/C10H20S/c1-5-9(11)7-6-8-10(2,3)4/h5-8H2,1-4H3. The van der Waals surface area contributed by atoms with Crippen LogP contribution in [0.1, 0.15) is 53.4 Å². The van der Waals surface area contributed by atoms with E-state index in [1.165, 1.54) is 17.7 Å². The third-order valence-corrected chi connectivity index (χ3v) is 2.27. The molecule has 11 heavy (non-hydrogen) atoms.